The zero-order valence-electron chi connectivity index (χ0n) is 9.13. The van der Waals surface area contributed by atoms with Gasteiger partial charge in [0.1, 0.15) is 6.04 Å². The molecule has 0 saturated carbocycles. The zero-order chi connectivity index (χ0) is 11.7. The fraction of sp³-hybridized carbons (Fsp3) is 0.800. The monoisotopic (exact) mass is 227 g/mol. The molecule has 0 aromatic carbocycles. The van der Waals surface area contributed by atoms with E-state index in [1.165, 1.54) is 4.90 Å². The van der Waals surface area contributed by atoms with E-state index in [1.807, 2.05) is 0 Å². The first-order valence-electron chi connectivity index (χ1n) is 5.63. The molecule has 2 rings (SSSR count). The molecule has 2 aliphatic rings. The second kappa shape index (κ2) is 4.29. The van der Waals surface area contributed by atoms with Gasteiger partial charge in [0.15, 0.2) is 0 Å². The molecule has 0 spiro atoms. The van der Waals surface area contributed by atoms with Crippen LogP contribution in [0, 0.1) is 0 Å². The Bertz CT molecular complexity index is 302. The van der Waals surface area contributed by atoms with Crippen molar-refractivity contribution in [1.29, 1.82) is 0 Å². The highest BCUT2D eigenvalue weighted by atomic mass is 16.4. The maximum absolute atomic E-state index is 12.1. The zero-order valence-corrected chi connectivity index (χ0v) is 9.13. The van der Waals surface area contributed by atoms with Crippen LogP contribution in [-0.2, 0) is 4.79 Å². The Morgan fingerprint density at radius 1 is 1.25 bits per heavy atom. The molecule has 0 radical (unpaired) electrons. The molecule has 2 aliphatic heterocycles. The van der Waals surface area contributed by atoms with Crippen molar-refractivity contribution >= 4 is 12.0 Å². The maximum atomic E-state index is 12.1. The van der Waals surface area contributed by atoms with E-state index in [1.54, 1.807) is 4.90 Å². The van der Waals surface area contributed by atoms with E-state index in [0.717, 1.165) is 25.9 Å². The molecule has 2 heterocycles. The molecule has 0 bridgehead atoms. The molecule has 0 aromatic heterocycles. The van der Waals surface area contributed by atoms with Crippen LogP contribution in [0.15, 0.2) is 0 Å². The van der Waals surface area contributed by atoms with Crippen molar-refractivity contribution in [2.45, 2.75) is 31.3 Å². The van der Waals surface area contributed by atoms with Crippen LogP contribution in [0.2, 0.25) is 0 Å². The van der Waals surface area contributed by atoms with E-state index in [9.17, 15) is 9.59 Å². The molecule has 90 valence electrons. The fourth-order valence-electron chi connectivity index (χ4n) is 2.46. The van der Waals surface area contributed by atoms with Gasteiger partial charge in [-0.3, -0.25) is 9.69 Å². The Hall–Kier alpha value is -1.30. The number of carboxylic acid groups (broad SMARTS) is 1. The van der Waals surface area contributed by atoms with E-state index in [2.05, 4.69) is 0 Å². The molecule has 0 aliphatic carbocycles. The minimum Gasteiger partial charge on any atom is -0.465 e. The summed E-state index contributed by atoms with van der Waals surface area (Å²) in [7, 11) is 0. The van der Waals surface area contributed by atoms with Gasteiger partial charge < -0.3 is 15.7 Å². The predicted octanol–water partition coefficient (Wildman–Crippen LogP) is -0.312. The topological polar surface area (TPSA) is 86.9 Å². The standard InChI is InChI=1S/C10H17N3O3/c11-7-5-8(13(6-7)10(15)16)9(14)12-3-1-2-4-12/h7-8H,1-6,11H2,(H,15,16)/t7-,8-/m0/s1. The van der Waals surface area contributed by atoms with Crippen LogP contribution in [0.3, 0.4) is 0 Å². The predicted molar refractivity (Wildman–Crippen MR) is 56.9 cm³/mol. The van der Waals surface area contributed by atoms with Crippen LogP contribution >= 0.6 is 0 Å². The van der Waals surface area contributed by atoms with Gasteiger partial charge in [0.2, 0.25) is 5.91 Å². The fourth-order valence-corrected chi connectivity index (χ4v) is 2.46. The molecule has 2 atom stereocenters. The van der Waals surface area contributed by atoms with Gasteiger partial charge in [-0.05, 0) is 19.3 Å². The van der Waals surface area contributed by atoms with E-state index in [0.29, 0.717) is 6.42 Å². The number of carbonyl (C=O) groups is 2. The lowest BCUT2D eigenvalue weighted by molar-refractivity contribution is -0.134. The second-order valence-electron chi connectivity index (χ2n) is 4.48. The van der Waals surface area contributed by atoms with Gasteiger partial charge in [-0.25, -0.2) is 4.79 Å². The highest BCUT2D eigenvalue weighted by Gasteiger charge is 2.40. The third-order valence-corrected chi connectivity index (χ3v) is 3.28. The van der Waals surface area contributed by atoms with Crippen molar-refractivity contribution in [3.05, 3.63) is 0 Å². The maximum Gasteiger partial charge on any atom is 0.408 e. The molecule has 0 aromatic rings. The molecule has 3 N–H and O–H groups in total. The SMILES string of the molecule is N[C@H]1C[C@@H](C(=O)N2CCCC2)N(C(=O)O)C1. The summed E-state index contributed by atoms with van der Waals surface area (Å²) in [5, 5.41) is 8.99. The Balaban J connectivity index is 2.06. The molecule has 2 saturated heterocycles. The average Bonchev–Trinajstić information content (AvgIpc) is 2.84. The number of carbonyl (C=O) groups excluding carboxylic acids is 1. The summed E-state index contributed by atoms with van der Waals surface area (Å²) in [5.41, 5.74) is 5.71. The lowest BCUT2D eigenvalue weighted by Gasteiger charge is -2.25. The Kier molecular flexibility index (Phi) is 3.00. The lowest BCUT2D eigenvalue weighted by atomic mass is 10.1. The Morgan fingerprint density at radius 2 is 1.88 bits per heavy atom. The largest absolute Gasteiger partial charge is 0.465 e. The number of likely N-dealkylation sites (tertiary alicyclic amines) is 2. The van der Waals surface area contributed by atoms with Crippen LogP contribution in [0.5, 0.6) is 0 Å². The van der Waals surface area contributed by atoms with E-state index in [4.69, 9.17) is 10.8 Å². The van der Waals surface area contributed by atoms with Crippen LogP contribution < -0.4 is 5.73 Å². The van der Waals surface area contributed by atoms with Gasteiger partial charge in [0, 0.05) is 25.7 Å². The van der Waals surface area contributed by atoms with Crippen molar-refractivity contribution in [3.63, 3.8) is 0 Å². The summed E-state index contributed by atoms with van der Waals surface area (Å²) in [4.78, 5) is 26.0. The van der Waals surface area contributed by atoms with Crippen LogP contribution in [-0.4, -0.2) is 58.6 Å². The van der Waals surface area contributed by atoms with Gasteiger partial charge >= 0.3 is 6.09 Å². The van der Waals surface area contributed by atoms with Crippen molar-refractivity contribution in [2.75, 3.05) is 19.6 Å². The van der Waals surface area contributed by atoms with Gasteiger partial charge in [0.25, 0.3) is 0 Å². The van der Waals surface area contributed by atoms with Crippen LogP contribution in [0.1, 0.15) is 19.3 Å². The summed E-state index contributed by atoms with van der Waals surface area (Å²) in [6.07, 6.45) is 1.42. The molecule has 6 heteroatoms. The van der Waals surface area contributed by atoms with E-state index < -0.39 is 12.1 Å². The van der Waals surface area contributed by atoms with Crippen molar-refractivity contribution in [1.82, 2.24) is 9.80 Å². The third-order valence-electron chi connectivity index (χ3n) is 3.28. The summed E-state index contributed by atoms with van der Waals surface area (Å²) in [6.45, 7) is 1.76. The second-order valence-corrected chi connectivity index (χ2v) is 4.48. The number of hydrogen-bond donors (Lipinski definition) is 2. The Morgan fingerprint density at radius 3 is 2.44 bits per heavy atom. The van der Waals surface area contributed by atoms with E-state index >= 15 is 0 Å². The minimum absolute atomic E-state index is 0.0761. The highest BCUT2D eigenvalue weighted by molar-refractivity contribution is 5.86. The molecule has 2 fully saturated rings. The first-order chi connectivity index (χ1) is 7.59. The number of rotatable bonds is 1. The summed E-state index contributed by atoms with van der Waals surface area (Å²) >= 11 is 0. The molecule has 2 amide bonds. The average molecular weight is 227 g/mol. The minimum atomic E-state index is -1.05. The summed E-state index contributed by atoms with van der Waals surface area (Å²) < 4.78 is 0. The summed E-state index contributed by atoms with van der Waals surface area (Å²) in [5.74, 6) is -0.0761. The number of nitrogens with zero attached hydrogens (tertiary/aromatic N) is 2. The molecule has 16 heavy (non-hydrogen) atoms. The number of hydrogen-bond acceptors (Lipinski definition) is 3. The molecular formula is C10H17N3O3. The van der Waals surface area contributed by atoms with Crippen molar-refractivity contribution in [3.8, 4) is 0 Å². The summed E-state index contributed by atoms with van der Waals surface area (Å²) in [6, 6.07) is -0.779. The molecular weight excluding hydrogens is 210 g/mol. The smallest absolute Gasteiger partial charge is 0.408 e. The first-order valence-corrected chi connectivity index (χ1v) is 5.63. The van der Waals surface area contributed by atoms with E-state index in [-0.39, 0.29) is 18.5 Å². The van der Waals surface area contributed by atoms with Gasteiger partial charge in [-0.1, -0.05) is 0 Å². The third kappa shape index (κ3) is 1.97. The van der Waals surface area contributed by atoms with Crippen molar-refractivity contribution in [2.24, 2.45) is 5.73 Å². The van der Waals surface area contributed by atoms with Gasteiger partial charge in [0.05, 0.1) is 0 Å². The van der Waals surface area contributed by atoms with Crippen LogP contribution in [0.25, 0.3) is 0 Å². The number of nitrogens with two attached hydrogens (primary N) is 1. The lowest BCUT2D eigenvalue weighted by Crippen LogP contribution is -2.46. The highest BCUT2D eigenvalue weighted by Crippen LogP contribution is 2.21. The van der Waals surface area contributed by atoms with Gasteiger partial charge in [-0.2, -0.15) is 0 Å². The first kappa shape index (κ1) is 11.2. The quantitative estimate of drug-likeness (QED) is 0.643. The molecule has 0 unspecified atom stereocenters. The molecule has 6 nitrogen and oxygen atoms in total. The van der Waals surface area contributed by atoms with Gasteiger partial charge in [-0.15, -0.1) is 0 Å². The number of amides is 2. The Labute approximate surface area is 94.0 Å². The van der Waals surface area contributed by atoms with Crippen molar-refractivity contribution < 1.29 is 14.7 Å². The normalized spacial score (nSPS) is 29.8. The van der Waals surface area contributed by atoms with Crippen LogP contribution in [0.4, 0.5) is 4.79 Å².